The van der Waals surface area contributed by atoms with Gasteiger partial charge >= 0.3 is 0 Å². The number of hydrogen-bond acceptors (Lipinski definition) is 3. The van der Waals surface area contributed by atoms with Crippen molar-refractivity contribution in [3.8, 4) is 17.2 Å². The van der Waals surface area contributed by atoms with Crippen LogP contribution in [-0.2, 0) is 6.61 Å². The Hall–Kier alpha value is -1.81. The second-order valence-corrected chi connectivity index (χ2v) is 4.61. The molecular formula is C15H14BClO3. The first-order valence-electron chi connectivity index (χ1n) is 6.02. The molecule has 0 bridgehead atoms. The quantitative estimate of drug-likeness (QED) is 0.792. The average molecular weight is 289 g/mol. The fraction of sp³-hybridized carbons (Fsp3) is 0.200. The maximum Gasteiger partial charge on any atom is 0.138 e. The van der Waals surface area contributed by atoms with Crippen LogP contribution in [0.15, 0.2) is 36.4 Å². The molecule has 0 aliphatic carbocycles. The van der Waals surface area contributed by atoms with Crippen molar-refractivity contribution in [3.63, 3.8) is 0 Å². The summed E-state index contributed by atoms with van der Waals surface area (Å²) < 4.78 is 16.1. The SMILES string of the molecule is [B]c1ccc(OCc2cc(OC)cc(OC)c2)c(Cl)c1. The molecule has 2 rings (SSSR count). The van der Waals surface area contributed by atoms with Gasteiger partial charge in [-0.2, -0.15) is 0 Å². The molecule has 0 saturated carbocycles. The minimum absolute atomic E-state index is 0.358. The lowest BCUT2D eigenvalue weighted by Gasteiger charge is -2.11. The topological polar surface area (TPSA) is 27.7 Å². The van der Waals surface area contributed by atoms with E-state index in [9.17, 15) is 0 Å². The Morgan fingerprint density at radius 1 is 1.00 bits per heavy atom. The zero-order valence-electron chi connectivity index (χ0n) is 11.4. The molecule has 2 radical (unpaired) electrons. The Morgan fingerprint density at radius 3 is 2.20 bits per heavy atom. The highest BCUT2D eigenvalue weighted by molar-refractivity contribution is 6.37. The normalized spacial score (nSPS) is 10.2. The highest BCUT2D eigenvalue weighted by Gasteiger charge is 2.05. The number of hydrogen-bond donors (Lipinski definition) is 0. The van der Waals surface area contributed by atoms with Gasteiger partial charge in [-0.15, -0.1) is 0 Å². The van der Waals surface area contributed by atoms with Crippen molar-refractivity contribution in [2.24, 2.45) is 0 Å². The smallest absolute Gasteiger partial charge is 0.138 e. The summed E-state index contributed by atoms with van der Waals surface area (Å²) in [5.41, 5.74) is 1.53. The maximum absolute atomic E-state index is 6.06. The summed E-state index contributed by atoms with van der Waals surface area (Å²) >= 11 is 6.06. The van der Waals surface area contributed by atoms with Gasteiger partial charge in [0.25, 0.3) is 0 Å². The molecule has 3 nitrogen and oxygen atoms in total. The Kier molecular flexibility index (Phi) is 4.80. The van der Waals surface area contributed by atoms with Crippen LogP contribution in [0.2, 0.25) is 5.02 Å². The lowest BCUT2D eigenvalue weighted by Crippen LogP contribution is -2.03. The van der Waals surface area contributed by atoms with E-state index in [1.165, 1.54) is 0 Å². The third kappa shape index (κ3) is 3.61. The van der Waals surface area contributed by atoms with E-state index in [-0.39, 0.29) is 0 Å². The van der Waals surface area contributed by atoms with Crippen LogP contribution in [0.1, 0.15) is 5.56 Å². The highest BCUT2D eigenvalue weighted by Crippen LogP contribution is 2.26. The molecule has 5 heteroatoms. The molecule has 0 atom stereocenters. The number of rotatable bonds is 5. The van der Waals surface area contributed by atoms with Crippen molar-refractivity contribution < 1.29 is 14.2 Å². The standard InChI is InChI=1S/C15H14BClO3/c1-18-12-5-10(6-13(8-12)19-2)9-20-15-4-3-11(16)7-14(15)17/h3-8H,9H2,1-2H3. The van der Waals surface area contributed by atoms with Crippen LogP contribution in [-0.4, -0.2) is 22.1 Å². The van der Waals surface area contributed by atoms with Crippen LogP contribution in [0.25, 0.3) is 0 Å². The molecule has 0 fully saturated rings. The number of halogens is 1. The molecular weight excluding hydrogens is 274 g/mol. The summed E-state index contributed by atoms with van der Waals surface area (Å²) in [6.45, 7) is 0.358. The first-order valence-corrected chi connectivity index (χ1v) is 6.40. The molecule has 0 N–H and O–H groups in total. The Morgan fingerprint density at radius 2 is 1.65 bits per heavy atom. The van der Waals surface area contributed by atoms with Crippen LogP contribution in [0, 0.1) is 0 Å². The van der Waals surface area contributed by atoms with Gasteiger partial charge in [0.1, 0.15) is 31.7 Å². The summed E-state index contributed by atoms with van der Waals surface area (Å²) in [7, 11) is 8.85. The van der Waals surface area contributed by atoms with Gasteiger partial charge in [-0.05, 0) is 29.8 Å². The zero-order chi connectivity index (χ0) is 14.5. The minimum atomic E-state index is 0.358. The monoisotopic (exact) mass is 288 g/mol. The largest absolute Gasteiger partial charge is 0.497 e. The first kappa shape index (κ1) is 14.6. The van der Waals surface area contributed by atoms with Crippen molar-refractivity contribution >= 4 is 24.9 Å². The molecule has 0 heterocycles. The number of benzene rings is 2. The van der Waals surface area contributed by atoms with Crippen LogP contribution >= 0.6 is 11.6 Å². The predicted octanol–water partition coefficient (Wildman–Crippen LogP) is 2.73. The molecule has 0 saturated heterocycles. The first-order chi connectivity index (χ1) is 9.62. The molecule has 0 amide bonds. The van der Waals surface area contributed by atoms with E-state index in [4.69, 9.17) is 33.7 Å². The summed E-state index contributed by atoms with van der Waals surface area (Å²) in [5, 5.41) is 0.486. The van der Waals surface area contributed by atoms with E-state index in [0.29, 0.717) is 34.3 Å². The Labute approximate surface area is 124 Å². The van der Waals surface area contributed by atoms with Gasteiger partial charge in [0.05, 0.1) is 19.2 Å². The maximum atomic E-state index is 6.06. The van der Waals surface area contributed by atoms with E-state index >= 15 is 0 Å². The van der Waals surface area contributed by atoms with Crippen molar-refractivity contribution in [1.82, 2.24) is 0 Å². The lowest BCUT2D eigenvalue weighted by atomic mass is 9.97. The fourth-order valence-corrected chi connectivity index (χ4v) is 1.99. The summed E-state index contributed by atoms with van der Waals surface area (Å²) in [6.07, 6.45) is 0. The van der Waals surface area contributed by atoms with Gasteiger partial charge in [0.15, 0.2) is 0 Å². The highest BCUT2D eigenvalue weighted by atomic mass is 35.5. The second kappa shape index (κ2) is 6.57. The zero-order valence-corrected chi connectivity index (χ0v) is 12.1. The predicted molar refractivity (Wildman–Crippen MR) is 80.7 cm³/mol. The van der Waals surface area contributed by atoms with E-state index in [1.54, 1.807) is 38.5 Å². The van der Waals surface area contributed by atoms with Crippen molar-refractivity contribution in [1.29, 1.82) is 0 Å². The minimum Gasteiger partial charge on any atom is -0.497 e. The summed E-state index contributed by atoms with van der Waals surface area (Å²) in [6, 6.07) is 10.7. The van der Waals surface area contributed by atoms with Gasteiger partial charge in [-0.25, -0.2) is 0 Å². The van der Waals surface area contributed by atoms with Crippen LogP contribution in [0.5, 0.6) is 17.2 Å². The fourth-order valence-electron chi connectivity index (χ4n) is 1.74. The summed E-state index contributed by atoms with van der Waals surface area (Å²) in [5.74, 6) is 2.01. The van der Waals surface area contributed by atoms with Crippen LogP contribution in [0.4, 0.5) is 0 Å². The van der Waals surface area contributed by atoms with E-state index < -0.39 is 0 Å². The third-order valence-corrected chi connectivity index (χ3v) is 3.06. The van der Waals surface area contributed by atoms with Crippen LogP contribution in [0.3, 0.4) is 0 Å². The Bertz CT molecular complexity index is 579. The third-order valence-electron chi connectivity index (χ3n) is 2.76. The van der Waals surface area contributed by atoms with Crippen molar-refractivity contribution in [3.05, 3.63) is 47.0 Å². The van der Waals surface area contributed by atoms with Gasteiger partial charge in [0, 0.05) is 6.07 Å². The Balaban J connectivity index is 2.13. The van der Waals surface area contributed by atoms with Gasteiger partial charge in [-0.3, -0.25) is 0 Å². The molecule has 0 spiro atoms. The van der Waals surface area contributed by atoms with Gasteiger partial charge < -0.3 is 14.2 Å². The van der Waals surface area contributed by atoms with E-state index in [0.717, 1.165) is 5.56 Å². The van der Waals surface area contributed by atoms with E-state index in [1.807, 2.05) is 12.1 Å². The van der Waals surface area contributed by atoms with Crippen molar-refractivity contribution in [2.45, 2.75) is 6.61 Å². The van der Waals surface area contributed by atoms with Gasteiger partial charge in [0.2, 0.25) is 0 Å². The number of ether oxygens (including phenoxy) is 3. The lowest BCUT2D eigenvalue weighted by molar-refractivity contribution is 0.304. The second-order valence-electron chi connectivity index (χ2n) is 4.20. The molecule has 2 aromatic rings. The molecule has 0 aliphatic rings. The molecule has 102 valence electrons. The molecule has 0 unspecified atom stereocenters. The molecule has 20 heavy (non-hydrogen) atoms. The molecule has 0 aromatic heterocycles. The van der Waals surface area contributed by atoms with Crippen molar-refractivity contribution in [2.75, 3.05) is 14.2 Å². The number of methoxy groups -OCH3 is 2. The van der Waals surface area contributed by atoms with E-state index in [2.05, 4.69) is 0 Å². The van der Waals surface area contributed by atoms with Crippen LogP contribution < -0.4 is 19.7 Å². The summed E-state index contributed by atoms with van der Waals surface area (Å²) in [4.78, 5) is 0. The van der Waals surface area contributed by atoms with Gasteiger partial charge in [-0.1, -0.05) is 23.1 Å². The molecule has 2 aromatic carbocycles. The molecule has 0 aliphatic heterocycles. The average Bonchev–Trinajstić information content (AvgIpc) is 2.46.